The van der Waals surface area contributed by atoms with Gasteiger partial charge >= 0.3 is 0 Å². The van der Waals surface area contributed by atoms with E-state index in [2.05, 4.69) is 29.5 Å². The molecule has 19 heavy (non-hydrogen) atoms. The van der Waals surface area contributed by atoms with Crippen molar-refractivity contribution in [2.75, 3.05) is 33.4 Å². The molecule has 0 amide bonds. The van der Waals surface area contributed by atoms with Gasteiger partial charge in [-0.2, -0.15) is 0 Å². The highest BCUT2D eigenvalue weighted by Gasteiger charge is 1.96. The highest BCUT2D eigenvalue weighted by molar-refractivity contribution is 14.0. The Bertz CT molecular complexity index is 201. The molecule has 0 atom stereocenters. The molecule has 116 valence electrons. The summed E-state index contributed by atoms with van der Waals surface area (Å²) in [5.74, 6) is 0.880. The number of guanidine groups is 1. The Morgan fingerprint density at radius 3 is 2.21 bits per heavy atom. The van der Waals surface area contributed by atoms with Crippen LogP contribution in [0.4, 0.5) is 0 Å². The number of ether oxygens (including phenoxy) is 1. The van der Waals surface area contributed by atoms with Gasteiger partial charge in [0, 0.05) is 26.7 Å². The molecule has 0 spiro atoms. The van der Waals surface area contributed by atoms with Gasteiger partial charge in [0.25, 0.3) is 0 Å². The van der Waals surface area contributed by atoms with Crippen molar-refractivity contribution >= 4 is 29.9 Å². The molecule has 0 heterocycles. The van der Waals surface area contributed by atoms with E-state index in [-0.39, 0.29) is 24.0 Å². The topological polar surface area (TPSA) is 45.7 Å². The van der Waals surface area contributed by atoms with E-state index in [0.29, 0.717) is 0 Å². The Kier molecular flexibility index (Phi) is 20.1. The van der Waals surface area contributed by atoms with Gasteiger partial charge in [-0.25, -0.2) is 0 Å². The van der Waals surface area contributed by atoms with Crippen LogP contribution in [0.5, 0.6) is 0 Å². The average molecular weight is 385 g/mol. The van der Waals surface area contributed by atoms with E-state index in [4.69, 9.17) is 4.74 Å². The van der Waals surface area contributed by atoms with Crippen LogP contribution < -0.4 is 10.6 Å². The molecule has 0 saturated carbocycles. The zero-order valence-corrected chi connectivity index (χ0v) is 15.2. The maximum atomic E-state index is 5.48. The Morgan fingerprint density at radius 1 is 0.895 bits per heavy atom. The van der Waals surface area contributed by atoms with E-state index in [1.165, 1.54) is 32.1 Å². The van der Waals surface area contributed by atoms with Crippen molar-refractivity contribution in [2.24, 2.45) is 4.99 Å². The first-order chi connectivity index (χ1) is 8.85. The number of nitrogens with zero attached hydrogens (tertiary/aromatic N) is 1. The van der Waals surface area contributed by atoms with Gasteiger partial charge in [0.05, 0.1) is 6.61 Å². The number of rotatable bonds is 11. The van der Waals surface area contributed by atoms with E-state index >= 15 is 0 Å². The Hall–Kier alpha value is -0.0400. The number of aliphatic imine (C=N–C) groups is 1. The van der Waals surface area contributed by atoms with Crippen LogP contribution in [0.15, 0.2) is 4.99 Å². The van der Waals surface area contributed by atoms with Gasteiger partial charge in [-0.05, 0) is 12.8 Å². The van der Waals surface area contributed by atoms with Gasteiger partial charge in [-0.1, -0.05) is 39.5 Å². The molecule has 0 fully saturated rings. The molecule has 0 aliphatic rings. The molecule has 0 aromatic carbocycles. The van der Waals surface area contributed by atoms with E-state index in [1.807, 2.05) is 0 Å². The van der Waals surface area contributed by atoms with Crippen LogP contribution in [0, 0.1) is 0 Å². The van der Waals surface area contributed by atoms with Crippen molar-refractivity contribution in [1.82, 2.24) is 10.6 Å². The normalized spacial score (nSPS) is 11.0. The second-order valence-electron chi connectivity index (χ2n) is 4.45. The van der Waals surface area contributed by atoms with Crippen LogP contribution in [0.2, 0.25) is 0 Å². The van der Waals surface area contributed by atoms with Crippen molar-refractivity contribution in [2.45, 2.75) is 52.4 Å². The first-order valence-electron chi connectivity index (χ1n) is 7.37. The van der Waals surface area contributed by atoms with Crippen LogP contribution in [-0.4, -0.2) is 39.3 Å². The van der Waals surface area contributed by atoms with Crippen LogP contribution in [0.3, 0.4) is 0 Å². The first kappa shape index (κ1) is 21.3. The molecule has 0 bridgehead atoms. The predicted molar refractivity (Wildman–Crippen MR) is 94.6 cm³/mol. The largest absolute Gasteiger partial charge is 0.380 e. The lowest BCUT2D eigenvalue weighted by Crippen LogP contribution is -2.39. The summed E-state index contributed by atoms with van der Waals surface area (Å²) >= 11 is 0. The molecule has 5 heteroatoms. The molecular formula is C14H32IN3O. The summed E-state index contributed by atoms with van der Waals surface area (Å²) in [5.41, 5.74) is 0. The standard InChI is InChI=1S/C14H31N3O.HI/c1-4-6-8-9-10-16-14(15-3)17-11-13-18-12-7-5-2;/h4-13H2,1-3H3,(H2,15,16,17);1H. The summed E-state index contributed by atoms with van der Waals surface area (Å²) in [4.78, 5) is 4.18. The summed E-state index contributed by atoms with van der Waals surface area (Å²) in [7, 11) is 1.80. The lowest BCUT2D eigenvalue weighted by Gasteiger charge is -2.11. The second kappa shape index (κ2) is 18.0. The Balaban J connectivity index is 0. The number of unbranched alkanes of at least 4 members (excludes halogenated alkanes) is 4. The highest BCUT2D eigenvalue weighted by Crippen LogP contribution is 1.96. The molecule has 0 aliphatic carbocycles. The van der Waals surface area contributed by atoms with Crippen LogP contribution in [0.25, 0.3) is 0 Å². The van der Waals surface area contributed by atoms with Crippen LogP contribution in [-0.2, 0) is 4.74 Å². The maximum Gasteiger partial charge on any atom is 0.191 e. The number of halogens is 1. The third-order valence-electron chi connectivity index (χ3n) is 2.73. The maximum absolute atomic E-state index is 5.48. The van der Waals surface area contributed by atoms with E-state index < -0.39 is 0 Å². The highest BCUT2D eigenvalue weighted by atomic mass is 127. The molecule has 0 aliphatic heterocycles. The summed E-state index contributed by atoms with van der Waals surface area (Å²) in [6.45, 7) is 7.82. The van der Waals surface area contributed by atoms with Crippen LogP contribution >= 0.6 is 24.0 Å². The minimum atomic E-state index is 0. The fraction of sp³-hybridized carbons (Fsp3) is 0.929. The van der Waals surface area contributed by atoms with E-state index in [9.17, 15) is 0 Å². The zero-order valence-electron chi connectivity index (χ0n) is 12.8. The molecule has 0 unspecified atom stereocenters. The van der Waals surface area contributed by atoms with E-state index in [1.54, 1.807) is 7.05 Å². The molecule has 0 rings (SSSR count). The molecular weight excluding hydrogens is 353 g/mol. The summed E-state index contributed by atoms with van der Waals surface area (Å²) < 4.78 is 5.48. The van der Waals surface area contributed by atoms with Crippen molar-refractivity contribution < 1.29 is 4.74 Å². The van der Waals surface area contributed by atoms with Gasteiger partial charge in [-0.3, -0.25) is 4.99 Å². The SMILES string of the molecule is CCCCCCNC(=NC)NCCOCCCC.I. The van der Waals surface area contributed by atoms with Crippen molar-refractivity contribution in [3.63, 3.8) is 0 Å². The minimum Gasteiger partial charge on any atom is -0.380 e. The molecule has 4 nitrogen and oxygen atoms in total. The number of nitrogens with one attached hydrogen (secondary N) is 2. The van der Waals surface area contributed by atoms with Gasteiger partial charge in [0.1, 0.15) is 0 Å². The van der Waals surface area contributed by atoms with Gasteiger partial charge in [0.2, 0.25) is 0 Å². The molecule has 0 aromatic rings. The van der Waals surface area contributed by atoms with Gasteiger partial charge < -0.3 is 15.4 Å². The second-order valence-corrected chi connectivity index (χ2v) is 4.45. The predicted octanol–water partition coefficient (Wildman–Crippen LogP) is 3.17. The van der Waals surface area contributed by atoms with E-state index in [0.717, 1.165) is 38.7 Å². The summed E-state index contributed by atoms with van der Waals surface area (Å²) in [6, 6.07) is 0. The summed E-state index contributed by atoms with van der Waals surface area (Å²) in [6.07, 6.45) is 7.43. The third kappa shape index (κ3) is 15.9. The number of hydrogen-bond acceptors (Lipinski definition) is 2. The molecule has 2 N–H and O–H groups in total. The first-order valence-corrected chi connectivity index (χ1v) is 7.37. The molecule has 0 saturated heterocycles. The van der Waals surface area contributed by atoms with Crippen molar-refractivity contribution in [3.05, 3.63) is 0 Å². The van der Waals surface area contributed by atoms with Gasteiger partial charge in [0.15, 0.2) is 5.96 Å². The zero-order chi connectivity index (χ0) is 13.5. The monoisotopic (exact) mass is 385 g/mol. The van der Waals surface area contributed by atoms with Crippen LogP contribution in [0.1, 0.15) is 52.4 Å². The third-order valence-corrected chi connectivity index (χ3v) is 2.73. The van der Waals surface area contributed by atoms with Crippen molar-refractivity contribution in [1.29, 1.82) is 0 Å². The van der Waals surface area contributed by atoms with Gasteiger partial charge in [-0.15, -0.1) is 24.0 Å². The fourth-order valence-electron chi connectivity index (χ4n) is 1.57. The average Bonchev–Trinajstić information content (AvgIpc) is 2.40. The number of hydrogen-bond donors (Lipinski definition) is 2. The fourth-order valence-corrected chi connectivity index (χ4v) is 1.57. The molecule has 0 aromatic heterocycles. The minimum absolute atomic E-state index is 0. The molecule has 0 radical (unpaired) electrons. The Morgan fingerprint density at radius 2 is 1.58 bits per heavy atom. The summed E-state index contributed by atoms with van der Waals surface area (Å²) in [5, 5.41) is 6.56. The lowest BCUT2D eigenvalue weighted by atomic mass is 10.2. The smallest absolute Gasteiger partial charge is 0.191 e. The quantitative estimate of drug-likeness (QED) is 0.249. The lowest BCUT2D eigenvalue weighted by molar-refractivity contribution is 0.136. The van der Waals surface area contributed by atoms with Crippen molar-refractivity contribution in [3.8, 4) is 0 Å². The Labute approximate surface area is 136 Å².